The maximum Gasteiger partial charge on any atom is 0.223 e. The fourth-order valence-electron chi connectivity index (χ4n) is 1.99. The highest BCUT2D eigenvalue weighted by Crippen LogP contribution is 2.15. The lowest BCUT2D eigenvalue weighted by Crippen LogP contribution is -2.21. The van der Waals surface area contributed by atoms with Crippen LogP contribution in [0.15, 0.2) is 36.4 Å². The molecule has 4 nitrogen and oxygen atoms in total. The molecule has 0 aliphatic rings. The Morgan fingerprint density at radius 2 is 1.85 bits per heavy atom. The molecule has 20 heavy (non-hydrogen) atoms. The summed E-state index contributed by atoms with van der Waals surface area (Å²) in [6.07, 6.45) is 0. The van der Waals surface area contributed by atoms with Gasteiger partial charge in [0.05, 0.1) is 0 Å². The van der Waals surface area contributed by atoms with Crippen molar-refractivity contribution in [3.8, 4) is 0 Å². The number of nitrogens with two attached hydrogens (primary N) is 1. The van der Waals surface area contributed by atoms with E-state index in [1.54, 1.807) is 0 Å². The SMILES string of the molecule is Cc1cc(C(C)C)nc(NCC(N)c2ccccc2)n1. The highest BCUT2D eigenvalue weighted by molar-refractivity contribution is 5.30. The van der Waals surface area contributed by atoms with Crippen LogP contribution in [0, 0.1) is 6.92 Å². The van der Waals surface area contributed by atoms with Gasteiger partial charge in [-0.2, -0.15) is 0 Å². The minimum Gasteiger partial charge on any atom is -0.352 e. The summed E-state index contributed by atoms with van der Waals surface area (Å²) in [5.74, 6) is 1.04. The minimum atomic E-state index is -0.0668. The molecule has 0 fully saturated rings. The monoisotopic (exact) mass is 270 g/mol. The zero-order chi connectivity index (χ0) is 14.5. The number of nitrogens with one attached hydrogen (secondary N) is 1. The van der Waals surface area contributed by atoms with Crippen molar-refractivity contribution in [3.63, 3.8) is 0 Å². The Morgan fingerprint density at radius 1 is 1.15 bits per heavy atom. The van der Waals surface area contributed by atoms with Gasteiger partial charge < -0.3 is 11.1 Å². The van der Waals surface area contributed by atoms with Crippen molar-refractivity contribution in [1.29, 1.82) is 0 Å². The Bertz CT molecular complexity index is 552. The Hall–Kier alpha value is -1.94. The summed E-state index contributed by atoms with van der Waals surface area (Å²) >= 11 is 0. The predicted molar refractivity (Wildman–Crippen MR) is 82.7 cm³/mol. The molecule has 2 aromatic rings. The average molecular weight is 270 g/mol. The van der Waals surface area contributed by atoms with Crippen LogP contribution in [0.1, 0.15) is 42.8 Å². The van der Waals surface area contributed by atoms with Crippen LogP contribution in [0.4, 0.5) is 5.95 Å². The number of hydrogen-bond acceptors (Lipinski definition) is 4. The summed E-state index contributed by atoms with van der Waals surface area (Å²) in [5.41, 5.74) is 9.29. The van der Waals surface area contributed by atoms with E-state index in [1.165, 1.54) is 0 Å². The van der Waals surface area contributed by atoms with E-state index in [1.807, 2.05) is 43.3 Å². The van der Waals surface area contributed by atoms with Crippen molar-refractivity contribution in [2.75, 3.05) is 11.9 Å². The van der Waals surface area contributed by atoms with Gasteiger partial charge in [0.1, 0.15) is 0 Å². The summed E-state index contributed by atoms with van der Waals surface area (Å²) in [5, 5.41) is 3.23. The summed E-state index contributed by atoms with van der Waals surface area (Å²) in [4.78, 5) is 8.93. The van der Waals surface area contributed by atoms with Gasteiger partial charge in [-0.15, -0.1) is 0 Å². The van der Waals surface area contributed by atoms with Crippen molar-refractivity contribution >= 4 is 5.95 Å². The first-order valence-electron chi connectivity index (χ1n) is 6.96. The Labute approximate surface area is 120 Å². The fraction of sp³-hybridized carbons (Fsp3) is 0.375. The normalized spacial score (nSPS) is 12.4. The average Bonchev–Trinajstić information content (AvgIpc) is 2.45. The molecule has 0 saturated carbocycles. The van der Waals surface area contributed by atoms with Gasteiger partial charge in [-0.25, -0.2) is 9.97 Å². The van der Waals surface area contributed by atoms with Crippen molar-refractivity contribution < 1.29 is 0 Å². The standard InChI is InChI=1S/C16H22N4/c1-11(2)15-9-12(3)19-16(20-15)18-10-14(17)13-7-5-4-6-8-13/h4-9,11,14H,10,17H2,1-3H3,(H,18,19,20). The summed E-state index contributed by atoms with van der Waals surface area (Å²) in [6.45, 7) is 6.85. The van der Waals surface area contributed by atoms with E-state index < -0.39 is 0 Å². The molecular formula is C16H22N4. The molecule has 1 aromatic carbocycles. The molecule has 4 heteroatoms. The van der Waals surface area contributed by atoms with E-state index in [9.17, 15) is 0 Å². The van der Waals surface area contributed by atoms with Crippen LogP contribution in [0.5, 0.6) is 0 Å². The predicted octanol–water partition coefficient (Wildman–Crippen LogP) is 3.02. The number of rotatable bonds is 5. The van der Waals surface area contributed by atoms with Gasteiger partial charge in [0, 0.05) is 24.0 Å². The quantitative estimate of drug-likeness (QED) is 0.876. The first-order chi connectivity index (χ1) is 9.56. The van der Waals surface area contributed by atoms with Crippen LogP contribution in [0.2, 0.25) is 0 Å². The number of aromatic nitrogens is 2. The van der Waals surface area contributed by atoms with Crippen molar-refractivity contribution in [2.45, 2.75) is 32.7 Å². The summed E-state index contributed by atoms with van der Waals surface area (Å²) < 4.78 is 0. The largest absolute Gasteiger partial charge is 0.352 e. The molecule has 0 spiro atoms. The number of hydrogen-bond donors (Lipinski definition) is 2. The van der Waals surface area contributed by atoms with Crippen molar-refractivity contribution in [1.82, 2.24) is 9.97 Å². The maximum absolute atomic E-state index is 6.16. The van der Waals surface area contributed by atoms with E-state index in [-0.39, 0.29) is 6.04 Å². The zero-order valence-electron chi connectivity index (χ0n) is 12.3. The molecule has 0 radical (unpaired) electrons. The third-order valence-corrected chi connectivity index (χ3v) is 3.17. The molecule has 1 unspecified atom stereocenters. The molecule has 1 heterocycles. The van der Waals surface area contributed by atoms with Crippen LogP contribution in [0.3, 0.4) is 0 Å². The second kappa shape index (κ2) is 6.48. The van der Waals surface area contributed by atoms with Gasteiger partial charge in [0.25, 0.3) is 0 Å². The van der Waals surface area contributed by atoms with Gasteiger partial charge in [0.2, 0.25) is 5.95 Å². The third-order valence-electron chi connectivity index (χ3n) is 3.17. The number of aryl methyl sites for hydroxylation is 1. The molecule has 1 atom stereocenters. The lowest BCUT2D eigenvalue weighted by Gasteiger charge is -2.14. The van der Waals surface area contributed by atoms with Gasteiger partial charge in [0.15, 0.2) is 0 Å². The number of anilines is 1. The van der Waals surface area contributed by atoms with Crippen molar-refractivity contribution in [2.24, 2.45) is 5.73 Å². The number of nitrogens with zero attached hydrogens (tertiary/aromatic N) is 2. The topological polar surface area (TPSA) is 63.8 Å². The lowest BCUT2D eigenvalue weighted by atomic mass is 10.1. The molecular weight excluding hydrogens is 248 g/mol. The maximum atomic E-state index is 6.16. The molecule has 2 rings (SSSR count). The number of benzene rings is 1. The van der Waals surface area contributed by atoms with Crippen LogP contribution in [-0.4, -0.2) is 16.5 Å². The Balaban J connectivity index is 2.04. The fourth-order valence-corrected chi connectivity index (χ4v) is 1.99. The highest BCUT2D eigenvalue weighted by atomic mass is 15.1. The van der Waals surface area contributed by atoms with Gasteiger partial charge in [-0.05, 0) is 24.5 Å². The van der Waals surface area contributed by atoms with E-state index >= 15 is 0 Å². The Morgan fingerprint density at radius 3 is 2.50 bits per heavy atom. The summed E-state index contributed by atoms with van der Waals surface area (Å²) in [7, 11) is 0. The third kappa shape index (κ3) is 3.78. The molecule has 3 N–H and O–H groups in total. The van der Waals surface area contributed by atoms with Crippen LogP contribution >= 0.6 is 0 Å². The van der Waals surface area contributed by atoms with Crippen LogP contribution < -0.4 is 11.1 Å². The zero-order valence-corrected chi connectivity index (χ0v) is 12.3. The van der Waals surface area contributed by atoms with E-state index in [0.717, 1.165) is 17.0 Å². The molecule has 106 valence electrons. The smallest absolute Gasteiger partial charge is 0.223 e. The van der Waals surface area contributed by atoms with Gasteiger partial charge in [-0.1, -0.05) is 44.2 Å². The van der Waals surface area contributed by atoms with Gasteiger partial charge in [-0.3, -0.25) is 0 Å². The first-order valence-corrected chi connectivity index (χ1v) is 6.96. The van der Waals surface area contributed by atoms with Crippen LogP contribution in [-0.2, 0) is 0 Å². The van der Waals surface area contributed by atoms with E-state index in [0.29, 0.717) is 18.4 Å². The van der Waals surface area contributed by atoms with E-state index in [2.05, 4.69) is 29.1 Å². The summed E-state index contributed by atoms with van der Waals surface area (Å²) in [6, 6.07) is 12.0. The molecule has 0 amide bonds. The first kappa shape index (κ1) is 14.5. The Kier molecular flexibility index (Phi) is 4.69. The molecule has 0 saturated heterocycles. The molecule has 0 aliphatic carbocycles. The lowest BCUT2D eigenvalue weighted by molar-refractivity contribution is 0.751. The molecule has 0 aliphatic heterocycles. The van der Waals surface area contributed by atoms with Gasteiger partial charge >= 0.3 is 0 Å². The van der Waals surface area contributed by atoms with E-state index in [4.69, 9.17) is 5.73 Å². The highest BCUT2D eigenvalue weighted by Gasteiger charge is 2.08. The molecule has 1 aromatic heterocycles. The van der Waals surface area contributed by atoms with Crippen LogP contribution in [0.25, 0.3) is 0 Å². The van der Waals surface area contributed by atoms with Crippen molar-refractivity contribution in [3.05, 3.63) is 53.3 Å². The minimum absolute atomic E-state index is 0.0668. The second-order valence-corrected chi connectivity index (χ2v) is 5.31. The second-order valence-electron chi connectivity index (χ2n) is 5.31. The molecule has 0 bridgehead atoms.